The fraction of sp³-hybridized carbons (Fsp3) is 0.222. The molecule has 0 atom stereocenters. The van der Waals surface area contributed by atoms with Gasteiger partial charge in [0.15, 0.2) is 0 Å². The molecule has 3 aromatic rings. The predicted octanol–water partition coefficient (Wildman–Crippen LogP) is 2.83. The van der Waals surface area contributed by atoms with E-state index in [1.165, 1.54) is 17.8 Å². The van der Waals surface area contributed by atoms with Crippen LogP contribution in [0.3, 0.4) is 0 Å². The van der Waals surface area contributed by atoms with Crippen molar-refractivity contribution in [2.45, 2.75) is 25.5 Å². The average molecular weight is 371 g/mol. The van der Waals surface area contributed by atoms with Gasteiger partial charge in [-0.2, -0.15) is 4.68 Å². The first-order chi connectivity index (χ1) is 12.5. The molecule has 0 fully saturated rings. The summed E-state index contributed by atoms with van der Waals surface area (Å²) in [5.41, 5.74) is 3.52. The third-order valence-corrected chi connectivity index (χ3v) is 4.71. The molecule has 0 saturated carbocycles. The van der Waals surface area contributed by atoms with Crippen LogP contribution in [0.1, 0.15) is 16.7 Å². The van der Waals surface area contributed by atoms with Gasteiger partial charge in [0.05, 0.1) is 11.4 Å². The van der Waals surface area contributed by atoms with Crippen molar-refractivity contribution in [2.75, 3.05) is 5.75 Å². The van der Waals surface area contributed by atoms with Crippen molar-refractivity contribution >= 4 is 17.7 Å². The topological polar surface area (TPSA) is 72.7 Å². The standard InChI is InChI=1S/C18H18FN5OS/c1-12-7-8-16(13(2)9-12)24-18(21-22-23-24)26-11-17(25)20-10-14-5-3-4-6-15(14)19/h3-9H,10-11H2,1-2H3,(H,20,25). The molecule has 1 aromatic heterocycles. The zero-order valence-corrected chi connectivity index (χ0v) is 15.3. The Kier molecular flexibility index (Phi) is 5.62. The Balaban J connectivity index is 1.61. The maximum absolute atomic E-state index is 13.6. The lowest BCUT2D eigenvalue weighted by Crippen LogP contribution is -2.25. The summed E-state index contributed by atoms with van der Waals surface area (Å²) in [5, 5.41) is 14.9. The number of aryl methyl sites for hydroxylation is 2. The normalized spacial score (nSPS) is 10.7. The van der Waals surface area contributed by atoms with Crippen LogP contribution in [0, 0.1) is 19.7 Å². The number of benzene rings is 2. The largest absolute Gasteiger partial charge is 0.351 e. The highest BCUT2D eigenvalue weighted by molar-refractivity contribution is 7.99. The molecule has 134 valence electrons. The van der Waals surface area contributed by atoms with Gasteiger partial charge in [-0.25, -0.2) is 4.39 Å². The number of thioether (sulfide) groups is 1. The van der Waals surface area contributed by atoms with Crippen LogP contribution in [-0.2, 0) is 11.3 Å². The predicted molar refractivity (Wildman–Crippen MR) is 97.6 cm³/mol. The number of carbonyl (C=O) groups excluding carboxylic acids is 1. The molecule has 0 bridgehead atoms. The molecular weight excluding hydrogens is 353 g/mol. The highest BCUT2D eigenvalue weighted by Gasteiger charge is 2.13. The van der Waals surface area contributed by atoms with E-state index in [0.29, 0.717) is 10.7 Å². The first kappa shape index (κ1) is 18.1. The van der Waals surface area contributed by atoms with Gasteiger partial charge in [0.2, 0.25) is 11.1 Å². The van der Waals surface area contributed by atoms with E-state index < -0.39 is 0 Å². The Labute approximate surface area is 154 Å². The summed E-state index contributed by atoms with van der Waals surface area (Å²) in [6.07, 6.45) is 0. The van der Waals surface area contributed by atoms with Crippen LogP contribution < -0.4 is 5.32 Å². The molecule has 8 heteroatoms. The van der Waals surface area contributed by atoms with Crippen LogP contribution in [0.2, 0.25) is 0 Å². The van der Waals surface area contributed by atoms with Gasteiger partial charge in [0.25, 0.3) is 0 Å². The smallest absolute Gasteiger partial charge is 0.230 e. The fourth-order valence-electron chi connectivity index (χ4n) is 2.48. The van der Waals surface area contributed by atoms with Gasteiger partial charge in [0.1, 0.15) is 5.82 Å². The van der Waals surface area contributed by atoms with Gasteiger partial charge in [0, 0.05) is 12.1 Å². The summed E-state index contributed by atoms with van der Waals surface area (Å²) < 4.78 is 15.2. The van der Waals surface area contributed by atoms with Gasteiger partial charge < -0.3 is 5.32 Å². The quantitative estimate of drug-likeness (QED) is 0.675. The van der Waals surface area contributed by atoms with Gasteiger partial charge in [-0.05, 0) is 42.0 Å². The SMILES string of the molecule is Cc1ccc(-n2nnnc2SCC(=O)NCc2ccccc2F)c(C)c1. The first-order valence-corrected chi connectivity index (χ1v) is 9.02. The fourth-order valence-corrected chi connectivity index (χ4v) is 3.19. The number of amides is 1. The Morgan fingerprint density at radius 2 is 2.04 bits per heavy atom. The van der Waals surface area contributed by atoms with E-state index in [1.54, 1.807) is 22.9 Å². The maximum atomic E-state index is 13.6. The first-order valence-electron chi connectivity index (χ1n) is 8.03. The Hall–Kier alpha value is -2.74. The number of tetrazole rings is 1. The Bertz CT molecular complexity index is 927. The molecule has 0 radical (unpaired) electrons. The lowest BCUT2D eigenvalue weighted by atomic mass is 10.1. The van der Waals surface area contributed by atoms with Gasteiger partial charge in [-0.3, -0.25) is 4.79 Å². The summed E-state index contributed by atoms with van der Waals surface area (Å²) in [6.45, 7) is 4.15. The number of nitrogens with one attached hydrogen (secondary N) is 1. The number of hydrogen-bond donors (Lipinski definition) is 1. The van der Waals surface area contributed by atoms with Crippen molar-refractivity contribution in [3.8, 4) is 5.69 Å². The molecule has 0 aliphatic rings. The van der Waals surface area contributed by atoms with Crippen molar-refractivity contribution < 1.29 is 9.18 Å². The second-order valence-electron chi connectivity index (χ2n) is 5.82. The van der Waals surface area contributed by atoms with Crippen LogP contribution in [0.25, 0.3) is 5.69 Å². The van der Waals surface area contributed by atoms with Gasteiger partial charge in [-0.15, -0.1) is 5.10 Å². The third-order valence-electron chi connectivity index (χ3n) is 3.79. The minimum Gasteiger partial charge on any atom is -0.351 e. The molecule has 26 heavy (non-hydrogen) atoms. The monoisotopic (exact) mass is 371 g/mol. The second kappa shape index (κ2) is 8.09. The Morgan fingerprint density at radius 1 is 1.23 bits per heavy atom. The van der Waals surface area contributed by atoms with Crippen molar-refractivity contribution in [3.63, 3.8) is 0 Å². The van der Waals surface area contributed by atoms with Crippen LogP contribution in [0.5, 0.6) is 0 Å². The molecular formula is C18H18FN5OS. The molecule has 3 rings (SSSR count). The summed E-state index contributed by atoms with van der Waals surface area (Å²) in [5.74, 6) is -0.410. The van der Waals surface area contributed by atoms with Crippen LogP contribution in [0.4, 0.5) is 4.39 Å². The maximum Gasteiger partial charge on any atom is 0.230 e. The number of hydrogen-bond acceptors (Lipinski definition) is 5. The summed E-state index contributed by atoms with van der Waals surface area (Å²) in [7, 11) is 0. The molecule has 0 unspecified atom stereocenters. The molecule has 1 amide bonds. The van der Waals surface area contributed by atoms with E-state index in [2.05, 4.69) is 20.8 Å². The number of halogens is 1. The van der Waals surface area contributed by atoms with Crippen molar-refractivity contribution in [1.82, 2.24) is 25.5 Å². The molecule has 2 aromatic carbocycles. The van der Waals surface area contributed by atoms with E-state index in [9.17, 15) is 9.18 Å². The number of nitrogens with zero attached hydrogens (tertiary/aromatic N) is 4. The van der Waals surface area contributed by atoms with E-state index in [0.717, 1.165) is 16.8 Å². The van der Waals surface area contributed by atoms with E-state index in [1.807, 2.05) is 32.0 Å². The molecule has 0 spiro atoms. The van der Waals surface area contributed by atoms with Crippen molar-refractivity contribution in [2.24, 2.45) is 0 Å². The minimum atomic E-state index is -0.334. The van der Waals surface area contributed by atoms with Gasteiger partial charge >= 0.3 is 0 Å². The average Bonchev–Trinajstić information content (AvgIpc) is 3.07. The highest BCUT2D eigenvalue weighted by atomic mass is 32.2. The lowest BCUT2D eigenvalue weighted by molar-refractivity contribution is -0.118. The zero-order chi connectivity index (χ0) is 18.5. The number of aromatic nitrogens is 4. The zero-order valence-electron chi connectivity index (χ0n) is 14.4. The molecule has 1 heterocycles. The van der Waals surface area contributed by atoms with Crippen LogP contribution in [0.15, 0.2) is 47.6 Å². The second-order valence-corrected chi connectivity index (χ2v) is 6.76. The lowest BCUT2D eigenvalue weighted by Gasteiger charge is -2.09. The van der Waals surface area contributed by atoms with E-state index >= 15 is 0 Å². The highest BCUT2D eigenvalue weighted by Crippen LogP contribution is 2.21. The van der Waals surface area contributed by atoms with Gasteiger partial charge in [-0.1, -0.05) is 47.7 Å². The molecule has 1 N–H and O–H groups in total. The Morgan fingerprint density at radius 3 is 2.81 bits per heavy atom. The minimum absolute atomic E-state index is 0.139. The third kappa shape index (κ3) is 4.26. The number of rotatable bonds is 6. The summed E-state index contributed by atoms with van der Waals surface area (Å²) in [6, 6.07) is 12.3. The van der Waals surface area contributed by atoms with E-state index in [4.69, 9.17) is 0 Å². The molecule has 0 saturated heterocycles. The molecule has 0 aliphatic heterocycles. The summed E-state index contributed by atoms with van der Waals surface area (Å²) in [4.78, 5) is 12.1. The van der Waals surface area contributed by atoms with Crippen LogP contribution in [-0.4, -0.2) is 31.9 Å². The summed E-state index contributed by atoms with van der Waals surface area (Å²) >= 11 is 1.23. The number of carbonyl (C=O) groups is 1. The molecule has 6 nitrogen and oxygen atoms in total. The van der Waals surface area contributed by atoms with Crippen molar-refractivity contribution in [3.05, 3.63) is 65.0 Å². The van der Waals surface area contributed by atoms with Crippen LogP contribution >= 0.6 is 11.8 Å². The molecule has 0 aliphatic carbocycles. The van der Waals surface area contributed by atoms with E-state index in [-0.39, 0.29) is 24.0 Å². The van der Waals surface area contributed by atoms with Crippen molar-refractivity contribution in [1.29, 1.82) is 0 Å².